The van der Waals surface area contributed by atoms with Gasteiger partial charge in [0.1, 0.15) is 0 Å². The van der Waals surface area contributed by atoms with Crippen molar-refractivity contribution in [3.8, 4) is 0 Å². The van der Waals surface area contributed by atoms with Crippen molar-refractivity contribution in [1.29, 1.82) is 0 Å². The number of fused-ring (bicyclic) bond motifs is 3. The van der Waals surface area contributed by atoms with Crippen LogP contribution in [0.4, 0.5) is 22.0 Å². The number of allylic oxidation sites excluding steroid dienone is 2. The third-order valence-corrected chi connectivity index (χ3v) is 5.56. The van der Waals surface area contributed by atoms with Gasteiger partial charge in [-0.1, -0.05) is 31.9 Å². The molecule has 28 heavy (non-hydrogen) atoms. The predicted molar refractivity (Wildman–Crippen MR) is 98.9 cm³/mol. The molecule has 0 spiro atoms. The van der Waals surface area contributed by atoms with E-state index in [2.05, 4.69) is 6.92 Å². The monoisotopic (exact) mass is 394 g/mol. The van der Waals surface area contributed by atoms with Crippen molar-refractivity contribution in [3.63, 3.8) is 0 Å². The second-order valence-corrected chi connectivity index (χ2v) is 7.37. The molecule has 1 nitrogen and oxygen atoms in total. The third-order valence-electron chi connectivity index (χ3n) is 5.56. The first kappa shape index (κ1) is 19.0. The van der Waals surface area contributed by atoms with Gasteiger partial charge in [-0.2, -0.15) is 13.2 Å². The lowest BCUT2D eigenvalue weighted by atomic mass is 9.84. The molecule has 6 heteroatoms. The molecule has 0 aliphatic heterocycles. The summed E-state index contributed by atoms with van der Waals surface area (Å²) in [4.78, 5) is 0. The van der Waals surface area contributed by atoms with Crippen molar-refractivity contribution in [1.82, 2.24) is 0 Å². The summed E-state index contributed by atoms with van der Waals surface area (Å²) < 4.78 is 73.6. The van der Waals surface area contributed by atoms with E-state index in [0.717, 1.165) is 43.7 Å². The molecule has 148 valence electrons. The highest BCUT2D eigenvalue weighted by Gasteiger charge is 2.36. The zero-order chi connectivity index (χ0) is 20.1. The van der Waals surface area contributed by atoms with E-state index in [1.807, 2.05) is 6.08 Å². The lowest BCUT2D eigenvalue weighted by Crippen LogP contribution is -2.07. The fourth-order valence-corrected chi connectivity index (χ4v) is 4.11. The Kier molecular flexibility index (Phi) is 4.68. The summed E-state index contributed by atoms with van der Waals surface area (Å²) >= 11 is 0. The first-order valence-electron chi connectivity index (χ1n) is 9.41. The van der Waals surface area contributed by atoms with Crippen molar-refractivity contribution in [3.05, 3.63) is 53.1 Å². The summed E-state index contributed by atoms with van der Waals surface area (Å²) in [5, 5.41) is 0.399. The Morgan fingerprint density at radius 1 is 1.00 bits per heavy atom. The van der Waals surface area contributed by atoms with Gasteiger partial charge in [0, 0.05) is 16.3 Å². The van der Waals surface area contributed by atoms with Crippen LogP contribution in [0.2, 0.25) is 0 Å². The molecule has 2 aromatic carbocycles. The number of rotatable bonds is 3. The number of halogens is 5. The van der Waals surface area contributed by atoms with E-state index < -0.39 is 29.0 Å². The summed E-state index contributed by atoms with van der Waals surface area (Å²) in [5.74, 6) is -1.56. The number of alkyl halides is 3. The molecule has 0 saturated heterocycles. The van der Waals surface area contributed by atoms with Crippen LogP contribution < -0.4 is 0 Å². The van der Waals surface area contributed by atoms with Crippen molar-refractivity contribution >= 4 is 27.5 Å². The summed E-state index contributed by atoms with van der Waals surface area (Å²) in [5.41, 5.74) is -0.956. The van der Waals surface area contributed by atoms with E-state index in [-0.39, 0.29) is 16.4 Å². The van der Waals surface area contributed by atoms with E-state index >= 15 is 4.39 Å². The minimum Gasteiger partial charge on any atom is -0.450 e. The van der Waals surface area contributed by atoms with Gasteiger partial charge in [0.2, 0.25) is 0 Å². The predicted octanol–water partition coefficient (Wildman–Crippen LogP) is 7.87. The maximum Gasteiger partial charge on any atom is 0.419 e. The molecule has 1 heterocycles. The number of hydrogen-bond donors (Lipinski definition) is 0. The summed E-state index contributed by atoms with van der Waals surface area (Å²) in [6.07, 6.45) is 2.02. The molecule has 1 unspecified atom stereocenters. The maximum atomic E-state index is 15.1. The minimum atomic E-state index is -4.84. The average molecular weight is 394 g/mol. The Morgan fingerprint density at radius 3 is 2.29 bits per heavy atom. The van der Waals surface area contributed by atoms with Crippen LogP contribution in [-0.2, 0) is 6.18 Å². The fraction of sp³-hybridized carbons (Fsp3) is 0.364. The molecule has 0 amide bonds. The SMILES string of the molecule is CCCC1CC=C(c2ccc3c(oc4c(F)c(C(F)(F)F)ccc43)c2F)CC1. The van der Waals surface area contributed by atoms with Crippen LogP contribution >= 0.6 is 0 Å². The van der Waals surface area contributed by atoms with Gasteiger partial charge in [0.15, 0.2) is 22.8 Å². The van der Waals surface area contributed by atoms with Gasteiger partial charge in [-0.25, -0.2) is 8.78 Å². The molecule has 0 bridgehead atoms. The van der Waals surface area contributed by atoms with Gasteiger partial charge in [-0.15, -0.1) is 0 Å². The molecule has 1 atom stereocenters. The largest absolute Gasteiger partial charge is 0.450 e. The summed E-state index contributed by atoms with van der Waals surface area (Å²) in [6, 6.07) is 4.98. The van der Waals surface area contributed by atoms with E-state index in [1.54, 1.807) is 12.1 Å². The number of benzene rings is 2. The minimum absolute atomic E-state index is 0.131. The lowest BCUT2D eigenvalue weighted by molar-refractivity contribution is -0.139. The Labute approximate surface area is 158 Å². The topological polar surface area (TPSA) is 13.1 Å². The molecule has 4 rings (SSSR count). The highest BCUT2D eigenvalue weighted by molar-refractivity contribution is 6.06. The summed E-state index contributed by atoms with van der Waals surface area (Å²) in [7, 11) is 0. The van der Waals surface area contributed by atoms with Crippen molar-refractivity contribution in [2.75, 3.05) is 0 Å². The average Bonchev–Trinajstić information content (AvgIpc) is 3.03. The first-order chi connectivity index (χ1) is 13.3. The van der Waals surface area contributed by atoms with Gasteiger partial charge in [-0.05, 0) is 49.0 Å². The van der Waals surface area contributed by atoms with E-state index in [9.17, 15) is 17.6 Å². The maximum absolute atomic E-state index is 15.1. The van der Waals surface area contributed by atoms with Crippen LogP contribution in [0.3, 0.4) is 0 Å². The second kappa shape index (κ2) is 6.90. The molecule has 0 N–H and O–H groups in total. The molecule has 0 saturated carbocycles. The van der Waals surface area contributed by atoms with Crippen molar-refractivity contribution in [2.45, 2.75) is 45.2 Å². The van der Waals surface area contributed by atoms with Gasteiger partial charge >= 0.3 is 6.18 Å². The molecular formula is C22H19F5O. The van der Waals surface area contributed by atoms with Gasteiger partial charge in [0.05, 0.1) is 5.56 Å². The Bertz CT molecular complexity index is 1070. The normalized spacial score (nSPS) is 18.1. The van der Waals surface area contributed by atoms with E-state index in [4.69, 9.17) is 4.42 Å². The van der Waals surface area contributed by atoms with Crippen LogP contribution in [0, 0.1) is 17.6 Å². The summed E-state index contributed by atoms with van der Waals surface area (Å²) in [6.45, 7) is 2.14. The van der Waals surface area contributed by atoms with Crippen LogP contribution in [0.5, 0.6) is 0 Å². The third kappa shape index (κ3) is 3.09. The number of hydrogen-bond acceptors (Lipinski definition) is 1. The van der Waals surface area contributed by atoms with Crippen LogP contribution in [0.1, 0.15) is 50.2 Å². The fourth-order valence-electron chi connectivity index (χ4n) is 4.11. The standard InChI is InChI=1S/C22H19F5O/c1-2-3-12-4-6-13(7-5-12)14-8-9-15-16-10-11-17(22(25,26)27)19(24)21(16)28-20(15)18(14)23/h6,8-12H,2-5,7H2,1H3. The van der Waals surface area contributed by atoms with E-state index in [1.165, 1.54) is 0 Å². The molecule has 1 aliphatic carbocycles. The Balaban J connectivity index is 1.82. The molecule has 0 fully saturated rings. The van der Waals surface area contributed by atoms with Crippen LogP contribution in [-0.4, -0.2) is 0 Å². The second-order valence-electron chi connectivity index (χ2n) is 7.37. The molecule has 1 aliphatic rings. The lowest BCUT2D eigenvalue weighted by Gasteiger charge is -2.21. The number of furan rings is 1. The Hall–Kier alpha value is -2.37. The quantitative estimate of drug-likeness (QED) is 0.412. The highest BCUT2D eigenvalue weighted by atomic mass is 19.4. The molecule has 3 aromatic rings. The zero-order valence-corrected chi connectivity index (χ0v) is 15.3. The molecular weight excluding hydrogens is 375 g/mol. The Morgan fingerprint density at radius 2 is 1.68 bits per heavy atom. The first-order valence-corrected chi connectivity index (χ1v) is 9.41. The van der Waals surface area contributed by atoms with Gasteiger partial charge in [0.25, 0.3) is 0 Å². The highest BCUT2D eigenvalue weighted by Crippen LogP contribution is 2.41. The molecule has 1 aromatic heterocycles. The van der Waals surface area contributed by atoms with Crippen molar-refractivity contribution in [2.24, 2.45) is 5.92 Å². The smallest absolute Gasteiger partial charge is 0.419 e. The van der Waals surface area contributed by atoms with Crippen molar-refractivity contribution < 1.29 is 26.4 Å². The van der Waals surface area contributed by atoms with Gasteiger partial charge in [-0.3, -0.25) is 0 Å². The van der Waals surface area contributed by atoms with Gasteiger partial charge < -0.3 is 4.42 Å². The van der Waals surface area contributed by atoms with Crippen LogP contribution in [0.25, 0.3) is 27.5 Å². The van der Waals surface area contributed by atoms with E-state index in [0.29, 0.717) is 17.5 Å². The van der Waals surface area contributed by atoms with Crippen LogP contribution in [0.15, 0.2) is 34.8 Å². The zero-order valence-electron chi connectivity index (χ0n) is 15.3. The molecule has 0 radical (unpaired) electrons.